The Morgan fingerprint density at radius 3 is 2.15 bits per heavy atom. The molecule has 14 heteroatoms. The summed E-state index contributed by atoms with van der Waals surface area (Å²) in [6.07, 6.45) is 4.42. The summed E-state index contributed by atoms with van der Waals surface area (Å²) in [5.41, 5.74) is 5.35. The molecule has 4 heterocycles. The number of anilines is 2. The van der Waals surface area contributed by atoms with Crippen molar-refractivity contribution in [2.24, 2.45) is 5.92 Å². The molecule has 0 bridgehead atoms. The van der Waals surface area contributed by atoms with Crippen LogP contribution in [0.2, 0.25) is 0 Å². The highest BCUT2D eigenvalue weighted by Crippen LogP contribution is 2.34. The fourth-order valence-corrected chi connectivity index (χ4v) is 8.95. The number of likely N-dealkylation sites (tertiary alicyclic amines) is 1. The first-order valence-electron chi connectivity index (χ1n) is 22.3. The van der Waals surface area contributed by atoms with Crippen molar-refractivity contribution in [2.45, 2.75) is 50.0 Å². The van der Waals surface area contributed by atoms with E-state index >= 15 is 8.78 Å². The highest BCUT2D eigenvalue weighted by Gasteiger charge is 2.45. The van der Waals surface area contributed by atoms with Gasteiger partial charge in [-0.05, 0) is 90.3 Å². The van der Waals surface area contributed by atoms with E-state index in [-0.39, 0.29) is 42.3 Å². The van der Waals surface area contributed by atoms with Crippen LogP contribution in [0.5, 0.6) is 0 Å². The predicted octanol–water partition coefficient (Wildman–Crippen LogP) is 6.81. The van der Waals surface area contributed by atoms with E-state index in [0.717, 1.165) is 55.1 Å². The van der Waals surface area contributed by atoms with Crippen molar-refractivity contribution < 1.29 is 28.0 Å². The van der Waals surface area contributed by atoms with E-state index in [1.165, 1.54) is 17.0 Å². The van der Waals surface area contributed by atoms with Crippen LogP contribution in [0.25, 0.3) is 11.1 Å². The highest BCUT2D eigenvalue weighted by molar-refractivity contribution is 6.01. The molecule has 0 aliphatic carbocycles. The molecule has 8 rings (SSSR count). The Kier molecular flexibility index (Phi) is 14.0. The summed E-state index contributed by atoms with van der Waals surface area (Å²) in [6, 6.07) is 35.3. The van der Waals surface area contributed by atoms with E-state index < -0.39 is 17.9 Å². The number of piperidine rings is 2. The van der Waals surface area contributed by atoms with E-state index in [1.807, 2.05) is 66.7 Å². The number of alkyl halides is 2. The third-order valence-electron chi connectivity index (χ3n) is 12.8. The summed E-state index contributed by atoms with van der Waals surface area (Å²) in [4.78, 5) is 61.1. The lowest BCUT2D eigenvalue weighted by Gasteiger charge is -2.40. The van der Waals surface area contributed by atoms with Crippen molar-refractivity contribution in [1.82, 2.24) is 25.4 Å². The van der Waals surface area contributed by atoms with Gasteiger partial charge in [-0.15, -0.1) is 0 Å². The first-order valence-corrected chi connectivity index (χ1v) is 22.3. The second-order valence-corrected chi connectivity index (χ2v) is 17.0. The molecule has 3 aliphatic heterocycles. The van der Waals surface area contributed by atoms with Crippen LogP contribution in [-0.4, -0.2) is 90.8 Å². The molecule has 3 N–H and O–H groups in total. The van der Waals surface area contributed by atoms with E-state index in [4.69, 9.17) is 5.26 Å². The van der Waals surface area contributed by atoms with Crippen molar-refractivity contribution in [1.29, 1.82) is 5.26 Å². The standard InChI is InChI=1S/C51H52F2N8O4/c52-51(53,50(65)61-26-23-37(24-27-61)34-59-28-30-60(31-29-59)43-17-12-39(13-18-43)44-19-21-46(62)58-48(44)63)42-15-10-38(11-16-42)41-14-20-45(56-33-41)57-49(64)47(40-4-2-1-3-5-40)55-25-22-35-6-8-36(32-54)9-7-35/h1-18,20,33,37,44,47,55H,19,21-31,34H2,(H,56,57,64)(H,58,62,63). The lowest BCUT2D eigenvalue weighted by molar-refractivity contribution is -0.160. The zero-order valence-electron chi connectivity index (χ0n) is 36.1. The Morgan fingerprint density at radius 1 is 0.815 bits per heavy atom. The van der Waals surface area contributed by atoms with Crippen molar-refractivity contribution in [3.63, 3.8) is 0 Å². The van der Waals surface area contributed by atoms with Crippen LogP contribution >= 0.6 is 0 Å². The van der Waals surface area contributed by atoms with Gasteiger partial charge in [-0.1, -0.05) is 78.9 Å². The summed E-state index contributed by atoms with van der Waals surface area (Å²) in [5.74, 6) is -5.27. The first-order chi connectivity index (χ1) is 31.5. The molecule has 0 spiro atoms. The number of carbonyl (C=O) groups is 4. The maximum absolute atomic E-state index is 15.7. The van der Waals surface area contributed by atoms with Gasteiger partial charge < -0.3 is 20.4 Å². The zero-order chi connectivity index (χ0) is 45.3. The van der Waals surface area contributed by atoms with Gasteiger partial charge in [-0.3, -0.25) is 29.4 Å². The molecule has 5 aromatic rings. The van der Waals surface area contributed by atoms with E-state index in [0.29, 0.717) is 67.1 Å². The number of nitrogens with one attached hydrogen (secondary N) is 3. The van der Waals surface area contributed by atoms with Crippen LogP contribution in [-0.2, 0) is 31.5 Å². The molecule has 0 radical (unpaired) electrons. The summed E-state index contributed by atoms with van der Waals surface area (Å²) in [7, 11) is 0. The van der Waals surface area contributed by atoms with Gasteiger partial charge in [-0.2, -0.15) is 14.0 Å². The number of nitriles is 1. The van der Waals surface area contributed by atoms with Gasteiger partial charge in [0.15, 0.2) is 0 Å². The summed E-state index contributed by atoms with van der Waals surface area (Å²) in [6.45, 7) is 5.37. The Hall–Kier alpha value is -6.82. The molecule has 4 amide bonds. The number of carbonyl (C=O) groups excluding carboxylic acids is 4. The molecule has 65 heavy (non-hydrogen) atoms. The molecule has 3 saturated heterocycles. The van der Waals surface area contributed by atoms with Gasteiger partial charge in [0.1, 0.15) is 11.9 Å². The highest BCUT2D eigenvalue weighted by atomic mass is 19.3. The molecule has 4 aromatic carbocycles. The zero-order valence-corrected chi connectivity index (χ0v) is 36.1. The second-order valence-electron chi connectivity index (χ2n) is 17.0. The van der Waals surface area contributed by atoms with Crippen LogP contribution < -0.4 is 20.9 Å². The number of amides is 4. The first kappa shape index (κ1) is 44.8. The number of piperazine rings is 1. The number of rotatable bonds is 14. The van der Waals surface area contributed by atoms with Crippen molar-refractivity contribution in [3.8, 4) is 17.2 Å². The van der Waals surface area contributed by atoms with Crippen molar-refractivity contribution in [2.75, 3.05) is 62.6 Å². The average Bonchev–Trinajstić information content (AvgIpc) is 3.34. The normalized spacial score (nSPS) is 17.8. The Balaban J connectivity index is 0.787. The summed E-state index contributed by atoms with van der Waals surface area (Å²) < 4.78 is 31.4. The summed E-state index contributed by atoms with van der Waals surface area (Å²) in [5, 5.41) is 17.7. The SMILES string of the molecule is N#Cc1ccc(CCNC(C(=O)Nc2ccc(-c3ccc(C(F)(F)C(=O)N4CCC(CN5CCN(c6ccc(C7CCC(=O)NC7=O)cc6)CC5)CC4)cc3)cn2)c2ccccc2)cc1. The number of halogens is 2. The topological polar surface area (TPSA) is 151 Å². The second kappa shape index (κ2) is 20.3. The summed E-state index contributed by atoms with van der Waals surface area (Å²) >= 11 is 0. The van der Waals surface area contributed by atoms with Crippen molar-refractivity contribution >= 4 is 35.1 Å². The lowest BCUT2D eigenvalue weighted by atomic mass is 9.90. The quantitative estimate of drug-likeness (QED) is 0.102. The number of hydrogen-bond acceptors (Lipinski definition) is 9. The maximum Gasteiger partial charge on any atom is 0.349 e. The Labute approximate surface area is 377 Å². The number of imide groups is 1. The number of aromatic nitrogens is 1. The lowest BCUT2D eigenvalue weighted by Crippen LogP contribution is -2.50. The number of pyridine rings is 1. The molecule has 334 valence electrons. The van der Waals surface area contributed by atoms with Gasteiger partial charge >= 0.3 is 5.92 Å². The molecular formula is C51H52F2N8O4. The van der Waals surface area contributed by atoms with Crippen LogP contribution in [0, 0.1) is 17.2 Å². The van der Waals surface area contributed by atoms with Gasteiger partial charge in [0.05, 0.1) is 17.6 Å². The van der Waals surface area contributed by atoms with Gasteiger partial charge in [0.25, 0.3) is 5.91 Å². The van der Waals surface area contributed by atoms with Crippen LogP contribution in [0.3, 0.4) is 0 Å². The predicted molar refractivity (Wildman–Crippen MR) is 244 cm³/mol. The maximum atomic E-state index is 15.7. The molecule has 3 fully saturated rings. The molecule has 2 unspecified atom stereocenters. The smallest absolute Gasteiger partial charge is 0.349 e. The number of hydrogen-bond donors (Lipinski definition) is 3. The van der Waals surface area contributed by atoms with Gasteiger partial charge in [-0.25, -0.2) is 4.98 Å². The van der Waals surface area contributed by atoms with E-state index in [1.54, 1.807) is 42.6 Å². The number of nitrogens with zero attached hydrogens (tertiary/aromatic N) is 5. The molecule has 0 saturated carbocycles. The fraction of sp³-hybridized carbons (Fsp3) is 0.333. The fourth-order valence-electron chi connectivity index (χ4n) is 8.95. The van der Waals surface area contributed by atoms with E-state index in [2.05, 4.69) is 36.8 Å². The molecule has 2 atom stereocenters. The van der Waals surface area contributed by atoms with E-state index in [9.17, 15) is 19.2 Å². The molecule has 3 aliphatic rings. The Bertz CT molecular complexity index is 2480. The largest absolute Gasteiger partial charge is 0.369 e. The minimum Gasteiger partial charge on any atom is -0.369 e. The van der Waals surface area contributed by atoms with Crippen molar-refractivity contribution in [3.05, 3.63) is 149 Å². The Morgan fingerprint density at radius 2 is 1.51 bits per heavy atom. The minimum atomic E-state index is -3.68. The third kappa shape index (κ3) is 10.9. The molecule has 1 aromatic heterocycles. The van der Waals surface area contributed by atoms with Crippen LogP contribution in [0.4, 0.5) is 20.3 Å². The van der Waals surface area contributed by atoms with Crippen LogP contribution in [0.15, 0.2) is 121 Å². The third-order valence-corrected chi connectivity index (χ3v) is 12.8. The molecule has 12 nitrogen and oxygen atoms in total. The monoisotopic (exact) mass is 878 g/mol. The average molecular weight is 879 g/mol. The minimum absolute atomic E-state index is 0.220. The molecular weight excluding hydrogens is 827 g/mol. The van der Waals surface area contributed by atoms with Gasteiger partial charge in [0.2, 0.25) is 17.7 Å². The number of benzene rings is 4. The van der Waals surface area contributed by atoms with Crippen LogP contribution in [0.1, 0.15) is 65.5 Å². The van der Waals surface area contributed by atoms with Gasteiger partial charge in [0, 0.05) is 81.8 Å².